The van der Waals surface area contributed by atoms with Crippen LogP contribution in [0.1, 0.15) is 40.1 Å². The van der Waals surface area contributed by atoms with Crippen LogP contribution in [0.3, 0.4) is 0 Å². The predicted molar refractivity (Wildman–Crippen MR) is 213 cm³/mol. The molecule has 0 unspecified atom stereocenters. The van der Waals surface area contributed by atoms with Crippen molar-refractivity contribution in [3.8, 4) is 11.1 Å². The van der Waals surface area contributed by atoms with Crippen molar-refractivity contribution in [1.29, 1.82) is 0 Å². The molecule has 1 aliphatic rings. The van der Waals surface area contributed by atoms with Crippen molar-refractivity contribution in [3.05, 3.63) is 210 Å². The highest BCUT2D eigenvalue weighted by Crippen LogP contribution is 2.58. The van der Waals surface area contributed by atoms with Crippen LogP contribution in [0.5, 0.6) is 0 Å². The fourth-order valence-corrected chi connectivity index (χ4v) is 8.01. The third kappa shape index (κ3) is 3.96. The molecule has 0 radical (unpaired) electrons. The number of nitrogens with zero attached hydrogens (tertiary/aromatic N) is 1. The van der Waals surface area contributed by atoms with Crippen molar-refractivity contribution >= 4 is 60.9 Å². The normalized spacial score (nSPS) is 16.7. The quantitative estimate of drug-likeness (QED) is 0.181. The number of para-hydroxylation sites is 2. The Bertz CT molecular complexity index is 3680. The molecule has 52 heavy (non-hydrogen) atoms. The van der Waals surface area contributed by atoms with Crippen molar-refractivity contribution in [3.63, 3.8) is 0 Å². The lowest BCUT2D eigenvalue weighted by Crippen LogP contribution is -2.28. The molecule has 0 saturated heterocycles. The van der Waals surface area contributed by atoms with Gasteiger partial charge in [0, 0.05) is 16.5 Å². The van der Waals surface area contributed by atoms with Crippen LogP contribution >= 0.6 is 0 Å². The van der Waals surface area contributed by atoms with Crippen molar-refractivity contribution in [2.75, 3.05) is 4.90 Å². The van der Waals surface area contributed by atoms with Gasteiger partial charge in [-0.1, -0.05) is 139 Å². The van der Waals surface area contributed by atoms with E-state index in [1.807, 2.05) is 91.0 Å². The van der Waals surface area contributed by atoms with Gasteiger partial charge in [-0.05, 0) is 81.8 Å². The molecule has 2 aromatic heterocycles. The van der Waals surface area contributed by atoms with Crippen molar-refractivity contribution in [2.24, 2.45) is 0 Å². The van der Waals surface area contributed by atoms with Gasteiger partial charge in [0.25, 0.3) is 0 Å². The molecule has 0 spiro atoms. The second-order valence-electron chi connectivity index (χ2n) is 12.6. The average molecular weight is 679 g/mol. The molecule has 3 heteroatoms. The molecule has 0 amide bonds. The van der Waals surface area contributed by atoms with Gasteiger partial charge in [0.15, 0.2) is 0 Å². The van der Waals surface area contributed by atoms with Crippen molar-refractivity contribution < 1.29 is 26.7 Å². The number of hydrogen-bond donors (Lipinski definition) is 0. The maximum absolute atomic E-state index is 9.75. The topological polar surface area (TPSA) is 29.5 Å². The Morgan fingerprint density at radius 1 is 0.442 bits per heavy atom. The molecule has 8 aromatic carbocycles. The van der Waals surface area contributed by atoms with Gasteiger partial charge >= 0.3 is 0 Å². The summed E-state index contributed by atoms with van der Waals surface area (Å²) in [4.78, 5) is 1.40. The summed E-state index contributed by atoms with van der Waals surface area (Å²) in [7, 11) is 0. The van der Waals surface area contributed by atoms with Gasteiger partial charge in [0.1, 0.15) is 22.3 Å². The first-order valence-electron chi connectivity index (χ1n) is 23.2. The minimum absolute atomic E-state index is 0.0514. The van der Waals surface area contributed by atoms with Gasteiger partial charge in [-0.2, -0.15) is 0 Å². The standard InChI is InChI=1S/C49H31NO2/c1-3-15-32(16-4-1)49(33-17-5-2-6-18-33)39-22-10-7-19-35(39)36-30-29-34(31-40(36)49)50(41-23-13-27-45-47(41)37-20-8-11-25-43(37)51-45)42-24-14-28-46-48(42)38-21-9-12-26-44(38)52-46/h1-31H/i8D,11D,12D,13D,14D,20D,21D,23D,24D,25D,26D,27D,28D. The maximum atomic E-state index is 9.75. The molecule has 1 aliphatic carbocycles. The number of fused-ring (bicyclic) bond motifs is 9. The molecule has 0 saturated carbocycles. The van der Waals surface area contributed by atoms with E-state index in [-0.39, 0.29) is 73.0 Å². The number of rotatable bonds is 5. The summed E-state index contributed by atoms with van der Waals surface area (Å²) in [5, 5.41) is -0.471. The fraction of sp³-hybridized carbons (Fsp3) is 0.0204. The first-order chi connectivity index (χ1) is 31.2. The predicted octanol–water partition coefficient (Wildman–Crippen LogP) is 13.3. The van der Waals surface area contributed by atoms with E-state index in [4.69, 9.17) is 21.2 Å². The van der Waals surface area contributed by atoms with Crippen LogP contribution < -0.4 is 4.90 Å². The average Bonchev–Trinajstić information content (AvgIpc) is 4.01. The lowest BCUT2D eigenvalue weighted by Gasteiger charge is -2.35. The Labute approximate surface area is 318 Å². The fourth-order valence-electron chi connectivity index (χ4n) is 8.01. The second kappa shape index (κ2) is 11.1. The minimum atomic E-state index is -0.978. The first-order valence-corrected chi connectivity index (χ1v) is 16.7. The number of hydrogen-bond acceptors (Lipinski definition) is 3. The van der Waals surface area contributed by atoms with Crippen molar-refractivity contribution in [1.82, 2.24) is 0 Å². The smallest absolute Gasteiger partial charge is 0.137 e. The molecule has 244 valence electrons. The van der Waals surface area contributed by atoms with Gasteiger partial charge in [-0.25, -0.2) is 0 Å². The lowest BCUT2D eigenvalue weighted by atomic mass is 9.67. The third-order valence-electron chi connectivity index (χ3n) is 10.1. The minimum Gasteiger partial charge on any atom is -0.456 e. The SMILES string of the molecule is [2H]c1cc([2H])c2c(oc3c([2H])c([2H])c([2H])c(N(c4ccc5c(c4)C(c4ccccc4)(c4ccccc4)c4ccccc4-5)c4c([2H])c([2H])c([2H])c5oc6c([2H])c([2H])c([2H])c([2H])c6c45)c32)c1[2H]. The lowest BCUT2D eigenvalue weighted by molar-refractivity contribution is 0.668. The van der Waals surface area contributed by atoms with E-state index in [1.165, 1.54) is 4.90 Å². The van der Waals surface area contributed by atoms with E-state index in [0.717, 1.165) is 39.4 Å². The van der Waals surface area contributed by atoms with E-state index >= 15 is 0 Å². The molecule has 11 rings (SSSR count). The summed E-state index contributed by atoms with van der Waals surface area (Å²) in [5.74, 6) is 0. The van der Waals surface area contributed by atoms with Crippen LogP contribution in [0.15, 0.2) is 197 Å². The van der Waals surface area contributed by atoms with E-state index < -0.39 is 71.9 Å². The van der Waals surface area contributed by atoms with Crippen molar-refractivity contribution in [2.45, 2.75) is 5.41 Å². The Hall–Kier alpha value is -6.84. The van der Waals surface area contributed by atoms with E-state index in [2.05, 4.69) is 6.07 Å². The van der Waals surface area contributed by atoms with E-state index in [0.29, 0.717) is 0 Å². The van der Waals surface area contributed by atoms with Gasteiger partial charge in [0.2, 0.25) is 0 Å². The van der Waals surface area contributed by atoms with Gasteiger partial charge in [-0.3, -0.25) is 0 Å². The van der Waals surface area contributed by atoms with Gasteiger partial charge in [-0.15, -0.1) is 0 Å². The summed E-state index contributed by atoms with van der Waals surface area (Å²) in [6, 6.07) is 27.6. The monoisotopic (exact) mass is 678 g/mol. The van der Waals surface area contributed by atoms with Crippen LogP contribution in [-0.2, 0) is 5.41 Å². The van der Waals surface area contributed by atoms with Gasteiger partial charge < -0.3 is 13.7 Å². The largest absolute Gasteiger partial charge is 0.456 e. The molecule has 3 nitrogen and oxygen atoms in total. The van der Waals surface area contributed by atoms with Crippen LogP contribution in [-0.4, -0.2) is 0 Å². The summed E-state index contributed by atoms with van der Waals surface area (Å²) < 4.78 is 130. The first kappa shape index (κ1) is 19.0. The molecule has 0 bridgehead atoms. The highest BCUT2D eigenvalue weighted by Gasteiger charge is 2.46. The summed E-state index contributed by atoms with van der Waals surface area (Å²) in [6.07, 6.45) is 0. The zero-order valence-corrected chi connectivity index (χ0v) is 27.2. The molecular formula is C49H31NO2. The highest BCUT2D eigenvalue weighted by atomic mass is 16.3. The summed E-state index contributed by atoms with van der Waals surface area (Å²) >= 11 is 0. The molecular weight excluding hydrogens is 635 g/mol. The summed E-state index contributed by atoms with van der Waals surface area (Å²) in [5.41, 5.74) is 2.95. The number of anilines is 3. The second-order valence-corrected chi connectivity index (χ2v) is 12.6. The number of benzene rings is 8. The van der Waals surface area contributed by atoms with E-state index in [9.17, 15) is 5.48 Å². The molecule has 0 atom stereocenters. The van der Waals surface area contributed by atoms with Gasteiger partial charge in [0.05, 0.1) is 45.4 Å². The Morgan fingerprint density at radius 2 is 1.00 bits per heavy atom. The number of furan rings is 2. The zero-order chi connectivity index (χ0) is 45.5. The molecule has 0 N–H and O–H groups in total. The van der Waals surface area contributed by atoms with Crippen LogP contribution in [0.4, 0.5) is 17.1 Å². The van der Waals surface area contributed by atoms with Crippen LogP contribution in [0.2, 0.25) is 0 Å². The van der Waals surface area contributed by atoms with E-state index in [1.54, 1.807) is 6.07 Å². The Kier molecular flexibility index (Phi) is 4.04. The van der Waals surface area contributed by atoms with Crippen LogP contribution in [0.25, 0.3) is 55.0 Å². The molecule has 0 fully saturated rings. The van der Waals surface area contributed by atoms with Crippen LogP contribution in [0, 0.1) is 0 Å². The highest BCUT2D eigenvalue weighted by molar-refractivity contribution is 6.17. The molecule has 0 aliphatic heterocycles. The maximum Gasteiger partial charge on any atom is 0.137 e. The Balaban J connectivity index is 1.38. The molecule has 2 heterocycles. The Morgan fingerprint density at radius 3 is 1.69 bits per heavy atom. The molecule has 10 aromatic rings. The zero-order valence-electron chi connectivity index (χ0n) is 40.2. The third-order valence-corrected chi connectivity index (χ3v) is 10.1. The summed E-state index contributed by atoms with van der Waals surface area (Å²) in [6.45, 7) is 0.